The van der Waals surface area contributed by atoms with E-state index < -0.39 is 5.97 Å². The summed E-state index contributed by atoms with van der Waals surface area (Å²) in [5.41, 5.74) is 1.42. The van der Waals surface area contributed by atoms with E-state index in [0.717, 1.165) is 10.9 Å². The maximum atomic E-state index is 10.8. The van der Waals surface area contributed by atoms with Crippen LogP contribution in [-0.4, -0.2) is 26.0 Å². The number of hydrogen-bond acceptors (Lipinski definition) is 4. The molecule has 0 radical (unpaired) electrons. The maximum absolute atomic E-state index is 10.8. The maximum Gasteiger partial charge on any atom is 0.358 e. The number of aryl methyl sites for hydroxylation is 1. The van der Waals surface area contributed by atoms with E-state index in [0.29, 0.717) is 11.5 Å². The molecule has 3 rings (SSSR count). The van der Waals surface area contributed by atoms with Gasteiger partial charge in [-0.15, -0.1) is 0 Å². The summed E-state index contributed by atoms with van der Waals surface area (Å²) in [4.78, 5) is 10.8. The number of benzene rings is 1. The molecule has 0 aliphatic heterocycles. The number of nitrogens with zero attached hydrogens (tertiary/aromatic N) is 3. The monoisotopic (exact) mass is 243 g/mol. The van der Waals surface area contributed by atoms with Gasteiger partial charge in [-0.3, -0.25) is 4.68 Å². The molecule has 2 aromatic heterocycles. The van der Waals surface area contributed by atoms with Crippen molar-refractivity contribution in [3.05, 3.63) is 36.0 Å². The minimum absolute atomic E-state index is 0.115. The predicted octanol–water partition coefficient (Wildman–Crippen LogP) is 1.93. The summed E-state index contributed by atoms with van der Waals surface area (Å²) in [7, 11) is 1.78. The van der Waals surface area contributed by atoms with Crippen molar-refractivity contribution in [1.82, 2.24) is 14.9 Å². The molecule has 0 spiro atoms. The van der Waals surface area contributed by atoms with Crippen LogP contribution in [0.2, 0.25) is 0 Å². The largest absolute Gasteiger partial charge is 0.476 e. The number of carboxylic acids is 1. The molecule has 3 aromatic rings. The number of hydrogen-bond donors (Lipinski definition) is 1. The lowest BCUT2D eigenvalue weighted by Gasteiger charge is -1.95. The molecule has 0 atom stereocenters. The molecule has 1 aromatic carbocycles. The number of carbonyl (C=O) groups is 1. The first-order chi connectivity index (χ1) is 8.66. The standard InChI is InChI=1S/C12H9N3O3/c1-15-11(7-4-2-3-5-8(7)13-15)10-6-9(12(16)17)14-18-10/h2-6H,1H3,(H,16,17). The molecule has 0 saturated heterocycles. The Morgan fingerprint density at radius 2 is 2.17 bits per heavy atom. The van der Waals surface area contributed by atoms with Crippen molar-refractivity contribution in [2.45, 2.75) is 0 Å². The second-order valence-electron chi connectivity index (χ2n) is 3.87. The zero-order valence-corrected chi connectivity index (χ0v) is 9.49. The topological polar surface area (TPSA) is 81.2 Å². The van der Waals surface area contributed by atoms with Gasteiger partial charge in [0.15, 0.2) is 11.5 Å². The summed E-state index contributed by atoms with van der Waals surface area (Å²) in [6, 6.07) is 8.96. The van der Waals surface area contributed by atoms with Crippen LogP contribution in [0.25, 0.3) is 22.4 Å². The van der Waals surface area contributed by atoms with E-state index in [9.17, 15) is 4.79 Å². The van der Waals surface area contributed by atoms with E-state index in [1.807, 2.05) is 24.3 Å². The lowest BCUT2D eigenvalue weighted by molar-refractivity contribution is 0.0686. The Balaban J connectivity index is 2.24. The summed E-state index contributed by atoms with van der Waals surface area (Å²) < 4.78 is 6.72. The lowest BCUT2D eigenvalue weighted by atomic mass is 10.2. The molecule has 0 amide bonds. The Hall–Kier alpha value is -2.63. The molecule has 0 saturated carbocycles. The summed E-state index contributed by atoms with van der Waals surface area (Å²) in [6.07, 6.45) is 0. The minimum Gasteiger partial charge on any atom is -0.476 e. The van der Waals surface area contributed by atoms with E-state index in [-0.39, 0.29) is 5.69 Å². The summed E-state index contributed by atoms with van der Waals surface area (Å²) in [6.45, 7) is 0. The second-order valence-corrected chi connectivity index (χ2v) is 3.87. The normalized spacial score (nSPS) is 10.9. The molecule has 90 valence electrons. The van der Waals surface area contributed by atoms with Crippen LogP contribution in [0.15, 0.2) is 34.9 Å². The Morgan fingerprint density at radius 3 is 2.89 bits per heavy atom. The second kappa shape index (κ2) is 3.69. The van der Waals surface area contributed by atoms with Crippen molar-refractivity contribution in [2.75, 3.05) is 0 Å². The molecule has 0 bridgehead atoms. The average Bonchev–Trinajstić information content (AvgIpc) is 2.91. The minimum atomic E-state index is -1.11. The van der Waals surface area contributed by atoms with Crippen molar-refractivity contribution in [1.29, 1.82) is 0 Å². The third-order valence-corrected chi connectivity index (χ3v) is 2.70. The number of carboxylic acid groups (broad SMARTS) is 1. The highest BCUT2D eigenvalue weighted by Gasteiger charge is 2.17. The van der Waals surface area contributed by atoms with Gasteiger partial charge in [0.25, 0.3) is 0 Å². The highest BCUT2D eigenvalue weighted by atomic mass is 16.5. The summed E-state index contributed by atoms with van der Waals surface area (Å²) in [5, 5.41) is 17.6. The molecule has 1 N–H and O–H groups in total. The van der Waals surface area contributed by atoms with Gasteiger partial charge in [0.1, 0.15) is 5.69 Å². The fraction of sp³-hybridized carbons (Fsp3) is 0.0833. The van der Waals surface area contributed by atoms with Crippen LogP contribution in [0.3, 0.4) is 0 Å². The average molecular weight is 243 g/mol. The van der Waals surface area contributed by atoms with E-state index in [4.69, 9.17) is 9.63 Å². The quantitative estimate of drug-likeness (QED) is 0.743. The molecule has 0 fully saturated rings. The van der Waals surface area contributed by atoms with E-state index >= 15 is 0 Å². The number of aromatic nitrogens is 3. The van der Waals surface area contributed by atoms with Gasteiger partial charge >= 0.3 is 5.97 Å². The third-order valence-electron chi connectivity index (χ3n) is 2.70. The Bertz CT molecular complexity index is 742. The number of aromatic carboxylic acids is 1. The first kappa shape index (κ1) is 10.5. The Kier molecular flexibility index (Phi) is 2.16. The van der Waals surface area contributed by atoms with Crippen LogP contribution in [0, 0.1) is 0 Å². The molecule has 0 aliphatic rings. The van der Waals surface area contributed by atoms with E-state index in [1.165, 1.54) is 6.07 Å². The summed E-state index contributed by atoms with van der Waals surface area (Å²) >= 11 is 0. The molecular formula is C12H9N3O3. The summed E-state index contributed by atoms with van der Waals surface area (Å²) in [5.74, 6) is -0.722. The Labute approximate surface area is 101 Å². The Morgan fingerprint density at radius 1 is 1.39 bits per heavy atom. The molecule has 6 heteroatoms. The van der Waals surface area contributed by atoms with Crippen LogP contribution < -0.4 is 0 Å². The zero-order chi connectivity index (χ0) is 12.7. The molecule has 6 nitrogen and oxygen atoms in total. The van der Waals surface area contributed by atoms with Crippen molar-refractivity contribution < 1.29 is 14.4 Å². The van der Waals surface area contributed by atoms with E-state index in [2.05, 4.69) is 10.3 Å². The van der Waals surface area contributed by atoms with E-state index in [1.54, 1.807) is 11.7 Å². The van der Waals surface area contributed by atoms with Crippen LogP contribution in [0.5, 0.6) is 0 Å². The number of fused-ring (bicyclic) bond motifs is 1. The molecule has 0 aliphatic carbocycles. The van der Waals surface area contributed by atoms with Crippen molar-refractivity contribution in [3.63, 3.8) is 0 Å². The lowest BCUT2D eigenvalue weighted by Crippen LogP contribution is -1.95. The van der Waals surface area contributed by atoms with Crippen LogP contribution in [0.1, 0.15) is 10.5 Å². The fourth-order valence-corrected chi connectivity index (χ4v) is 1.93. The van der Waals surface area contributed by atoms with Gasteiger partial charge in [0, 0.05) is 18.5 Å². The fourth-order valence-electron chi connectivity index (χ4n) is 1.93. The van der Waals surface area contributed by atoms with Crippen LogP contribution >= 0.6 is 0 Å². The highest BCUT2D eigenvalue weighted by Crippen LogP contribution is 2.28. The predicted molar refractivity (Wildman–Crippen MR) is 63.2 cm³/mol. The number of rotatable bonds is 2. The first-order valence-electron chi connectivity index (χ1n) is 5.29. The molecule has 18 heavy (non-hydrogen) atoms. The van der Waals surface area contributed by atoms with Gasteiger partial charge in [0.2, 0.25) is 0 Å². The molecule has 2 heterocycles. The highest BCUT2D eigenvalue weighted by molar-refractivity contribution is 5.93. The van der Waals surface area contributed by atoms with Crippen molar-refractivity contribution in [3.8, 4) is 11.5 Å². The van der Waals surface area contributed by atoms with Crippen molar-refractivity contribution in [2.24, 2.45) is 7.05 Å². The van der Waals surface area contributed by atoms with Crippen LogP contribution in [0.4, 0.5) is 0 Å². The van der Waals surface area contributed by atoms with Gasteiger partial charge in [0.05, 0.1) is 5.52 Å². The molecule has 0 unspecified atom stereocenters. The van der Waals surface area contributed by atoms with Gasteiger partial charge in [-0.2, -0.15) is 5.10 Å². The van der Waals surface area contributed by atoms with Gasteiger partial charge in [-0.25, -0.2) is 4.79 Å². The first-order valence-corrected chi connectivity index (χ1v) is 5.29. The van der Waals surface area contributed by atoms with Gasteiger partial charge in [-0.05, 0) is 6.07 Å². The molecular weight excluding hydrogens is 234 g/mol. The van der Waals surface area contributed by atoms with Crippen molar-refractivity contribution >= 4 is 16.9 Å². The third kappa shape index (κ3) is 1.46. The van der Waals surface area contributed by atoms with Crippen LogP contribution in [-0.2, 0) is 7.05 Å². The smallest absolute Gasteiger partial charge is 0.358 e. The SMILES string of the molecule is Cn1nc2ccccc2c1-c1cc(C(=O)O)no1. The zero-order valence-electron chi connectivity index (χ0n) is 9.49. The van der Waals surface area contributed by atoms with Gasteiger partial charge in [-0.1, -0.05) is 23.4 Å². The van der Waals surface area contributed by atoms with Gasteiger partial charge < -0.3 is 9.63 Å².